The van der Waals surface area contributed by atoms with Gasteiger partial charge >= 0.3 is 57.4 Å². The Morgan fingerprint density at radius 1 is 1.26 bits per heavy atom. The maximum Gasteiger partial charge on any atom is 1.00 e. The molecule has 0 aliphatic carbocycles. The van der Waals surface area contributed by atoms with E-state index < -0.39 is 24.4 Å². The summed E-state index contributed by atoms with van der Waals surface area (Å²) >= 11 is 0. The number of rotatable bonds is 4. The molecule has 2 amide bonds. The van der Waals surface area contributed by atoms with E-state index in [0.717, 1.165) is 10.5 Å². The minimum atomic E-state index is -1.41. The van der Waals surface area contributed by atoms with Crippen LogP contribution in [0, 0.1) is 12.7 Å². The van der Waals surface area contributed by atoms with E-state index >= 15 is 0 Å². The van der Waals surface area contributed by atoms with E-state index in [0.29, 0.717) is 16.7 Å². The number of halogens is 1. The predicted octanol–water partition coefficient (Wildman–Crippen LogP) is -0.840. The van der Waals surface area contributed by atoms with E-state index in [-0.39, 0.29) is 63.0 Å². The predicted molar refractivity (Wildman–Crippen MR) is 90.8 cm³/mol. The molecule has 2 aromatic carbocycles. The molecule has 0 atom stereocenters. The second-order valence-electron chi connectivity index (χ2n) is 5.84. The number of aliphatic carboxylic acids is 1. The first kappa shape index (κ1) is 21.5. The van der Waals surface area contributed by atoms with Crippen LogP contribution in [0.4, 0.5) is 14.9 Å². The summed E-state index contributed by atoms with van der Waals surface area (Å²) in [5, 5.41) is 12.8. The average Bonchev–Trinajstić information content (AvgIpc) is 2.99. The maximum absolute atomic E-state index is 14.3. The smallest absolute Gasteiger partial charge is 0.548 e. The molecule has 7 nitrogen and oxygen atoms in total. The number of carbonyl (C=O) groups is 2. The Kier molecular flexibility index (Phi) is 7.12. The van der Waals surface area contributed by atoms with Crippen LogP contribution in [0.2, 0.25) is 0 Å². The summed E-state index contributed by atoms with van der Waals surface area (Å²) in [5.41, 5.74) is 2.62. The van der Waals surface area contributed by atoms with Gasteiger partial charge < -0.3 is 24.5 Å². The summed E-state index contributed by atoms with van der Waals surface area (Å²) in [5.74, 6) is -1.85. The van der Waals surface area contributed by atoms with Crippen molar-refractivity contribution in [2.75, 3.05) is 18.9 Å². The fraction of sp³-hybridized carbons (Fsp3) is 0.167. The average molecular weight is 395 g/mol. The molecule has 0 aliphatic heterocycles. The van der Waals surface area contributed by atoms with Gasteiger partial charge in [0.25, 0.3) is 0 Å². The largest absolute Gasteiger partial charge is 1.00 e. The number of fused-ring (bicyclic) bond motifs is 1. The van der Waals surface area contributed by atoms with Crippen LogP contribution < -0.4 is 61.8 Å². The van der Waals surface area contributed by atoms with E-state index in [1.54, 1.807) is 12.1 Å². The molecular weight excluding hydrogens is 380 g/mol. The third kappa shape index (κ3) is 5.14. The van der Waals surface area contributed by atoms with Crippen molar-refractivity contribution in [3.05, 3.63) is 47.8 Å². The number of nitrogens with zero attached hydrogens (tertiary/aromatic N) is 2. The number of benzene rings is 2. The van der Waals surface area contributed by atoms with E-state index in [2.05, 4.69) is 10.3 Å². The van der Waals surface area contributed by atoms with Crippen molar-refractivity contribution in [2.24, 2.45) is 0 Å². The second-order valence-corrected chi connectivity index (χ2v) is 5.84. The number of oxazole rings is 1. The summed E-state index contributed by atoms with van der Waals surface area (Å²) in [7, 11) is 1.26. The Bertz CT molecular complexity index is 1010. The van der Waals surface area contributed by atoms with Gasteiger partial charge in [-0.2, -0.15) is 0 Å². The van der Waals surface area contributed by atoms with E-state index in [1.165, 1.54) is 19.2 Å². The normalized spacial score (nSPS) is 10.3. The molecule has 3 rings (SSSR count). The topological polar surface area (TPSA) is 98.5 Å². The summed E-state index contributed by atoms with van der Waals surface area (Å²) in [6, 6.07) is 8.87. The van der Waals surface area contributed by atoms with Gasteiger partial charge in [0.2, 0.25) is 5.89 Å². The van der Waals surface area contributed by atoms with Gasteiger partial charge in [0.1, 0.15) is 11.3 Å². The zero-order valence-corrected chi connectivity index (χ0v) is 18.2. The van der Waals surface area contributed by atoms with Crippen molar-refractivity contribution < 1.29 is 74.9 Å². The molecule has 1 heterocycles. The number of urea groups is 1. The summed E-state index contributed by atoms with van der Waals surface area (Å²) in [6.07, 6.45) is 0. The van der Waals surface area contributed by atoms with Crippen molar-refractivity contribution in [3.63, 3.8) is 0 Å². The van der Waals surface area contributed by atoms with Crippen LogP contribution in [0.5, 0.6) is 0 Å². The molecule has 0 bridgehead atoms. The Morgan fingerprint density at radius 2 is 2.00 bits per heavy atom. The molecule has 0 radical (unpaired) electrons. The number of likely N-dealkylation sites (N-methyl/N-ethyl adjacent to an activating group) is 1. The van der Waals surface area contributed by atoms with Gasteiger partial charge in [0.15, 0.2) is 5.58 Å². The first-order valence-electron chi connectivity index (χ1n) is 7.72. The molecule has 0 spiro atoms. The van der Waals surface area contributed by atoms with Gasteiger partial charge in [-0.15, -0.1) is 0 Å². The van der Waals surface area contributed by atoms with Crippen LogP contribution in [0.15, 0.2) is 40.8 Å². The van der Waals surface area contributed by atoms with Crippen LogP contribution in [0.25, 0.3) is 22.6 Å². The first-order chi connectivity index (χ1) is 12.3. The van der Waals surface area contributed by atoms with Crippen molar-refractivity contribution in [1.29, 1.82) is 0 Å². The quantitative estimate of drug-likeness (QED) is 0.581. The maximum atomic E-state index is 14.3. The second kappa shape index (κ2) is 8.94. The van der Waals surface area contributed by atoms with E-state index in [4.69, 9.17) is 4.42 Å². The molecule has 27 heavy (non-hydrogen) atoms. The van der Waals surface area contributed by atoms with Crippen LogP contribution in [0.1, 0.15) is 5.56 Å². The molecule has 1 N–H and O–H groups in total. The summed E-state index contributed by atoms with van der Waals surface area (Å²) in [4.78, 5) is 27.5. The Balaban J connectivity index is 0.00000261. The van der Waals surface area contributed by atoms with Crippen LogP contribution >= 0.6 is 0 Å². The number of nitrogens with one attached hydrogen (secondary N) is 1. The number of amides is 2. The van der Waals surface area contributed by atoms with Crippen LogP contribution in [-0.4, -0.2) is 35.5 Å². The Morgan fingerprint density at radius 3 is 2.67 bits per heavy atom. The van der Waals surface area contributed by atoms with Crippen molar-refractivity contribution in [1.82, 2.24) is 9.88 Å². The monoisotopic (exact) mass is 395 g/mol. The first-order valence-corrected chi connectivity index (χ1v) is 7.72. The number of aryl methyl sites for hydroxylation is 1. The number of carbonyl (C=O) groups excluding carboxylic acids is 2. The number of anilines is 1. The molecule has 1 aromatic heterocycles. The number of hydrogen-bond acceptors (Lipinski definition) is 5. The van der Waals surface area contributed by atoms with Crippen molar-refractivity contribution >= 4 is 28.8 Å². The minimum Gasteiger partial charge on any atom is -0.548 e. The molecule has 3 aromatic rings. The molecule has 0 aliphatic rings. The Labute approximate surface area is 197 Å². The fourth-order valence-corrected chi connectivity index (χ4v) is 2.39. The number of aromatic nitrogens is 1. The van der Waals surface area contributed by atoms with Crippen molar-refractivity contribution in [2.45, 2.75) is 6.92 Å². The van der Waals surface area contributed by atoms with Gasteiger partial charge in [0.05, 0.1) is 18.2 Å². The van der Waals surface area contributed by atoms with Gasteiger partial charge in [-0.25, -0.2) is 14.2 Å². The standard InChI is InChI=1S/C18H16FN3O4.K/c1-10-3-6-15-14(7-10)20-17(26-15)11-4-5-13(12(19)8-11)21-18(25)22(2)9-16(23)24;/h3-8H,9H2,1-2H3,(H,21,25)(H,23,24);/q;+1/p-1. The molecule has 0 unspecified atom stereocenters. The van der Waals surface area contributed by atoms with Crippen molar-refractivity contribution in [3.8, 4) is 11.5 Å². The van der Waals surface area contributed by atoms with Crippen LogP contribution in [-0.2, 0) is 4.79 Å². The molecular formula is C18H15FKN3O4. The molecule has 134 valence electrons. The third-order valence-electron chi connectivity index (χ3n) is 3.71. The van der Waals surface area contributed by atoms with Crippen LogP contribution in [0.3, 0.4) is 0 Å². The molecule has 0 fully saturated rings. The van der Waals surface area contributed by atoms with Gasteiger partial charge in [0, 0.05) is 12.6 Å². The Hall–Kier alpha value is -1.78. The number of hydrogen-bond donors (Lipinski definition) is 1. The fourth-order valence-electron chi connectivity index (χ4n) is 2.39. The third-order valence-corrected chi connectivity index (χ3v) is 3.71. The molecule has 9 heteroatoms. The SMILES string of the molecule is Cc1ccc2oc(-c3ccc(NC(=O)N(C)CC(=O)[O-])c(F)c3)nc2c1.[K+]. The van der Waals surface area contributed by atoms with Gasteiger partial charge in [-0.1, -0.05) is 6.07 Å². The minimum absolute atomic E-state index is 0. The summed E-state index contributed by atoms with van der Waals surface area (Å²) in [6.45, 7) is 1.33. The number of carboxylic acid groups (broad SMARTS) is 1. The molecule has 0 saturated heterocycles. The van der Waals surface area contributed by atoms with E-state index in [1.807, 2.05) is 19.1 Å². The molecule has 0 saturated carbocycles. The summed E-state index contributed by atoms with van der Waals surface area (Å²) < 4.78 is 19.9. The number of carboxylic acids is 1. The van der Waals surface area contributed by atoms with Gasteiger partial charge in [-0.3, -0.25) is 0 Å². The zero-order valence-electron chi connectivity index (χ0n) is 15.1. The van der Waals surface area contributed by atoms with Gasteiger partial charge in [-0.05, 0) is 42.8 Å². The zero-order chi connectivity index (χ0) is 18.8. The van der Waals surface area contributed by atoms with E-state index in [9.17, 15) is 19.1 Å².